The summed E-state index contributed by atoms with van der Waals surface area (Å²) < 4.78 is 5.60. The van der Waals surface area contributed by atoms with Gasteiger partial charge in [-0.05, 0) is 76.5 Å². The smallest absolute Gasteiger partial charge is 0.318 e. The van der Waals surface area contributed by atoms with Crippen molar-refractivity contribution in [1.82, 2.24) is 9.97 Å². The molecule has 6 heteroatoms. The molecule has 4 rings (SSSR count). The molecule has 1 spiro atoms. The van der Waals surface area contributed by atoms with E-state index in [1.807, 2.05) is 32.9 Å². The van der Waals surface area contributed by atoms with Crippen molar-refractivity contribution in [3.63, 3.8) is 0 Å². The van der Waals surface area contributed by atoms with Crippen LogP contribution in [0.1, 0.15) is 61.1 Å². The Morgan fingerprint density at radius 2 is 1.83 bits per heavy atom. The molecule has 6 nitrogen and oxygen atoms in total. The molecule has 0 atom stereocenters. The van der Waals surface area contributed by atoms with Gasteiger partial charge < -0.3 is 15.0 Å². The molecular formula is C23H30N4O2. The van der Waals surface area contributed by atoms with Crippen molar-refractivity contribution >= 4 is 17.4 Å². The SMILES string of the molecule is Cc1ccc(C(=O)Nc2cc(C)nc(OC(C)C)n2)c(N2CCC3(CC2)CC3)c1. The highest BCUT2D eigenvalue weighted by Gasteiger charge is 2.44. The molecule has 1 saturated carbocycles. The molecule has 1 amide bonds. The second kappa shape index (κ2) is 7.65. The van der Waals surface area contributed by atoms with Gasteiger partial charge in [0, 0.05) is 30.5 Å². The number of hydrogen-bond acceptors (Lipinski definition) is 5. The van der Waals surface area contributed by atoms with Crippen molar-refractivity contribution in [2.75, 3.05) is 23.3 Å². The summed E-state index contributed by atoms with van der Waals surface area (Å²) in [6.07, 6.45) is 5.16. The Balaban J connectivity index is 1.55. The van der Waals surface area contributed by atoms with Crippen molar-refractivity contribution in [2.24, 2.45) is 5.41 Å². The number of carbonyl (C=O) groups excluding carboxylic acids is 1. The molecule has 29 heavy (non-hydrogen) atoms. The number of rotatable bonds is 5. The van der Waals surface area contributed by atoms with Crippen LogP contribution >= 0.6 is 0 Å². The van der Waals surface area contributed by atoms with Crippen LogP contribution in [0.25, 0.3) is 0 Å². The number of amides is 1. The molecule has 2 aliphatic rings. The zero-order valence-electron chi connectivity index (χ0n) is 17.8. The zero-order valence-corrected chi connectivity index (χ0v) is 17.8. The van der Waals surface area contributed by atoms with E-state index in [1.165, 1.54) is 25.7 Å². The molecule has 1 aliphatic carbocycles. The first-order valence-electron chi connectivity index (χ1n) is 10.5. The molecule has 1 aromatic carbocycles. The van der Waals surface area contributed by atoms with Gasteiger partial charge in [0.25, 0.3) is 5.91 Å². The van der Waals surface area contributed by atoms with E-state index in [-0.39, 0.29) is 18.0 Å². The summed E-state index contributed by atoms with van der Waals surface area (Å²) in [5, 5.41) is 2.94. The number of benzene rings is 1. The van der Waals surface area contributed by atoms with Gasteiger partial charge >= 0.3 is 6.01 Å². The lowest BCUT2D eigenvalue weighted by atomic mass is 9.92. The summed E-state index contributed by atoms with van der Waals surface area (Å²) in [6, 6.07) is 8.07. The molecule has 2 heterocycles. The second-order valence-corrected chi connectivity index (χ2v) is 8.81. The van der Waals surface area contributed by atoms with Crippen molar-refractivity contribution < 1.29 is 9.53 Å². The maximum absolute atomic E-state index is 13.1. The third kappa shape index (κ3) is 4.52. The number of ether oxygens (including phenoxy) is 1. The van der Waals surface area contributed by atoms with E-state index in [1.54, 1.807) is 6.07 Å². The van der Waals surface area contributed by atoms with Crippen molar-refractivity contribution in [3.8, 4) is 6.01 Å². The Kier molecular flexibility index (Phi) is 5.19. The zero-order chi connectivity index (χ0) is 20.6. The summed E-state index contributed by atoms with van der Waals surface area (Å²) in [5.41, 5.74) is 4.22. The third-order valence-electron chi connectivity index (χ3n) is 5.94. The van der Waals surface area contributed by atoms with Crippen LogP contribution < -0.4 is 15.0 Å². The van der Waals surface area contributed by atoms with Crippen LogP contribution in [0, 0.1) is 19.3 Å². The number of aryl methyl sites for hydroxylation is 2. The fourth-order valence-corrected chi connectivity index (χ4v) is 4.05. The minimum atomic E-state index is -0.152. The largest absolute Gasteiger partial charge is 0.461 e. The lowest BCUT2D eigenvalue weighted by molar-refractivity contribution is 0.102. The van der Waals surface area contributed by atoms with Crippen molar-refractivity contribution in [2.45, 2.75) is 59.5 Å². The standard InChI is InChI=1S/C23H30N4O2/c1-15(2)29-22-24-17(4)14-20(26-22)25-21(28)18-6-5-16(3)13-19(18)27-11-9-23(7-8-23)10-12-27/h5-6,13-15H,7-12H2,1-4H3,(H,24,25,26,28). The van der Waals surface area contributed by atoms with E-state index in [0.29, 0.717) is 16.8 Å². The molecule has 2 fully saturated rings. The summed E-state index contributed by atoms with van der Waals surface area (Å²) in [7, 11) is 0. The number of nitrogens with zero attached hydrogens (tertiary/aromatic N) is 3. The highest BCUT2D eigenvalue weighted by molar-refractivity contribution is 6.07. The quantitative estimate of drug-likeness (QED) is 0.808. The van der Waals surface area contributed by atoms with E-state index in [2.05, 4.69) is 33.2 Å². The summed E-state index contributed by atoms with van der Waals surface area (Å²) in [5.74, 6) is 0.306. The number of anilines is 2. The predicted octanol–water partition coefficient (Wildman–Crippen LogP) is 4.51. The molecule has 0 unspecified atom stereocenters. The maximum Gasteiger partial charge on any atom is 0.318 e. The summed E-state index contributed by atoms with van der Waals surface area (Å²) in [4.78, 5) is 24.1. The van der Waals surface area contributed by atoms with E-state index in [4.69, 9.17) is 4.74 Å². The maximum atomic E-state index is 13.1. The van der Waals surface area contributed by atoms with Gasteiger partial charge in [-0.15, -0.1) is 0 Å². The first-order valence-corrected chi connectivity index (χ1v) is 10.5. The second-order valence-electron chi connectivity index (χ2n) is 8.81. The molecule has 0 bridgehead atoms. The number of hydrogen-bond donors (Lipinski definition) is 1. The fraction of sp³-hybridized carbons (Fsp3) is 0.522. The van der Waals surface area contributed by atoms with Crippen LogP contribution in [-0.2, 0) is 0 Å². The van der Waals surface area contributed by atoms with Gasteiger partial charge in [-0.1, -0.05) is 6.07 Å². The third-order valence-corrected chi connectivity index (χ3v) is 5.94. The molecule has 1 aromatic heterocycles. The van der Waals surface area contributed by atoms with Crippen LogP contribution in [0.3, 0.4) is 0 Å². The van der Waals surface area contributed by atoms with Crippen molar-refractivity contribution in [3.05, 3.63) is 41.1 Å². The minimum Gasteiger partial charge on any atom is -0.461 e. The average molecular weight is 395 g/mol. The van der Waals surface area contributed by atoms with Crippen LogP contribution in [0.5, 0.6) is 6.01 Å². The number of piperidine rings is 1. The summed E-state index contributed by atoms with van der Waals surface area (Å²) >= 11 is 0. The molecule has 1 saturated heterocycles. The lowest BCUT2D eigenvalue weighted by Crippen LogP contribution is -2.35. The molecule has 2 aromatic rings. The summed E-state index contributed by atoms with van der Waals surface area (Å²) in [6.45, 7) is 9.81. The molecule has 1 N–H and O–H groups in total. The number of carbonyl (C=O) groups is 1. The van der Waals surface area contributed by atoms with Crippen LogP contribution in [0.4, 0.5) is 11.5 Å². The first kappa shape index (κ1) is 19.7. The normalized spacial score (nSPS) is 17.5. The highest BCUT2D eigenvalue weighted by Crippen LogP contribution is 2.54. The lowest BCUT2D eigenvalue weighted by Gasteiger charge is -2.35. The predicted molar refractivity (Wildman–Crippen MR) is 115 cm³/mol. The molecule has 0 radical (unpaired) electrons. The molecule has 154 valence electrons. The molecule has 1 aliphatic heterocycles. The highest BCUT2D eigenvalue weighted by atomic mass is 16.5. The monoisotopic (exact) mass is 394 g/mol. The fourth-order valence-electron chi connectivity index (χ4n) is 4.05. The Morgan fingerprint density at radius 3 is 2.48 bits per heavy atom. The topological polar surface area (TPSA) is 67.3 Å². The number of aromatic nitrogens is 2. The average Bonchev–Trinajstić information content (AvgIpc) is 3.40. The number of nitrogens with one attached hydrogen (secondary N) is 1. The van der Waals surface area contributed by atoms with Gasteiger partial charge in [0.1, 0.15) is 5.82 Å². The van der Waals surface area contributed by atoms with Gasteiger partial charge in [0.15, 0.2) is 0 Å². The van der Waals surface area contributed by atoms with Gasteiger partial charge in [0.2, 0.25) is 0 Å². The first-order chi connectivity index (χ1) is 13.8. The van der Waals surface area contributed by atoms with E-state index >= 15 is 0 Å². The Hall–Kier alpha value is -2.63. The van der Waals surface area contributed by atoms with E-state index in [9.17, 15) is 4.79 Å². The van der Waals surface area contributed by atoms with Crippen LogP contribution in [0.15, 0.2) is 24.3 Å². The van der Waals surface area contributed by atoms with Gasteiger partial charge in [-0.25, -0.2) is 4.98 Å². The minimum absolute atomic E-state index is 0.0297. The Labute approximate surface area is 172 Å². The van der Waals surface area contributed by atoms with Crippen LogP contribution in [-0.4, -0.2) is 35.1 Å². The van der Waals surface area contributed by atoms with Crippen molar-refractivity contribution in [1.29, 1.82) is 0 Å². The van der Waals surface area contributed by atoms with Gasteiger partial charge in [-0.2, -0.15) is 4.98 Å². The molecular weight excluding hydrogens is 364 g/mol. The van der Waals surface area contributed by atoms with Crippen LogP contribution in [0.2, 0.25) is 0 Å². The van der Waals surface area contributed by atoms with E-state index in [0.717, 1.165) is 30.0 Å². The Bertz CT molecular complexity index is 911. The van der Waals surface area contributed by atoms with Gasteiger partial charge in [-0.3, -0.25) is 4.79 Å². The van der Waals surface area contributed by atoms with Gasteiger partial charge in [0.05, 0.1) is 11.7 Å². The van der Waals surface area contributed by atoms with E-state index < -0.39 is 0 Å². The Morgan fingerprint density at radius 1 is 1.10 bits per heavy atom.